The lowest BCUT2D eigenvalue weighted by Gasteiger charge is -2.09. The summed E-state index contributed by atoms with van der Waals surface area (Å²) in [6.07, 6.45) is 1.75. The van der Waals surface area contributed by atoms with Gasteiger partial charge in [0.25, 0.3) is 5.56 Å². The highest BCUT2D eigenvalue weighted by Crippen LogP contribution is 2.26. The van der Waals surface area contributed by atoms with Crippen LogP contribution in [0, 0.1) is 13.8 Å². The van der Waals surface area contributed by atoms with Gasteiger partial charge in [-0.15, -0.1) is 0 Å². The van der Waals surface area contributed by atoms with E-state index >= 15 is 0 Å². The number of nitrogens with zero attached hydrogens (tertiary/aromatic N) is 6. The number of fused-ring (bicyclic) bond motifs is 4. The lowest BCUT2D eigenvalue weighted by atomic mass is 10.2. The van der Waals surface area contributed by atoms with Crippen LogP contribution in [0.5, 0.6) is 0 Å². The van der Waals surface area contributed by atoms with Crippen LogP contribution >= 0.6 is 0 Å². The Labute approximate surface area is 194 Å². The number of benzene rings is 3. The van der Waals surface area contributed by atoms with E-state index in [4.69, 9.17) is 20.1 Å². The molecule has 34 heavy (non-hydrogen) atoms. The Balaban J connectivity index is 1.71. The van der Waals surface area contributed by atoms with Crippen LogP contribution in [0.1, 0.15) is 17.0 Å². The topological polar surface area (TPSA) is 78.0 Å². The Morgan fingerprint density at radius 3 is 2.29 bits per heavy atom. The van der Waals surface area contributed by atoms with E-state index in [1.54, 1.807) is 15.5 Å². The van der Waals surface area contributed by atoms with Crippen molar-refractivity contribution < 1.29 is 0 Å². The number of rotatable bonds is 3. The van der Waals surface area contributed by atoms with Crippen molar-refractivity contribution in [1.82, 2.24) is 24.2 Å². The number of hydrogen-bond acceptors (Lipinski definition) is 5. The highest BCUT2D eigenvalue weighted by Gasteiger charge is 2.21. The van der Waals surface area contributed by atoms with Crippen molar-refractivity contribution >= 4 is 39.4 Å². The molecule has 0 spiro atoms. The van der Waals surface area contributed by atoms with Crippen LogP contribution in [-0.2, 0) is 0 Å². The van der Waals surface area contributed by atoms with Crippen molar-refractivity contribution in [2.75, 3.05) is 0 Å². The van der Waals surface area contributed by atoms with Gasteiger partial charge in [-0.25, -0.2) is 15.0 Å². The quantitative estimate of drug-likeness (QED) is 0.368. The van der Waals surface area contributed by atoms with Gasteiger partial charge in [-0.2, -0.15) is 9.78 Å². The first-order valence-corrected chi connectivity index (χ1v) is 11.0. The predicted octanol–water partition coefficient (Wildman–Crippen LogP) is 4.78. The summed E-state index contributed by atoms with van der Waals surface area (Å²) in [5.41, 5.74) is 5.47. The van der Waals surface area contributed by atoms with Crippen molar-refractivity contribution in [1.29, 1.82) is 0 Å². The SMILES string of the molecule is Cc1cccc(/C=N\n2c3nc4ccccc4nc3c3c(=O)n(-c4ccccc4)c(C)nc32)c1. The third-order valence-electron chi connectivity index (χ3n) is 5.80. The molecule has 3 aromatic carbocycles. The molecular weight excluding hydrogens is 424 g/mol. The van der Waals surface area contributed by atoms with E-state index in [1.807, 2.05) is 92.7 Å². The molecule has 0 saturated heterocycles. The minimum atomic E-state index is -0.201. The maximum atomic E-state index is 13.8. The van der Waals surface area contributed by atoms with Gasteiger partial charge < -0.3 is 0 Å². The molecule has 0 unspecified atom stereocenters. The molecule has 0 aliphatic heterocycles. The molecule has 0 amide bonds. The van der Waals surface area contributed by atoms with E-state index in [0.717, 1.165) is 22.3 Å². The Morgan fingerprint density at radius 1 is 0.794 bits per heavy atom. The maximum absolute atomic E-state index is 13.8. The average Bonchev–Trinajstić information content (AvgIpc) is 3.14. The Kier molecular flexibility index (Phi) is 4.55. The zero-order valence-electron chi connectivity index (χ0n) is 18.7. The second-order valence-electron chi connectivity index (χ2n) is 8.19. The fourth-order valence-corrected chi connectivity index (χ4v) is 4.25. The van der Waals surface area contributed by atoms with Gasteiger partial charge in [0.1, 0.15) is 16.7 Å². The van der Waals surface area contributed by atoms with Gasteiger partial charge in [0.05, 0.1) is 22.9 Å². The molecule has 0 atom stereocenters. The molecule has 0 N–H and O–H groups in total. The van der Waals surface area contributed by atoms with E-state index in [-0.39, 0.29) is 5.56 Å². The molecule has 0 bridgehead atoms. The van der Waals surface area contributed by atoms with Gasteiger partial charge in [0, 0.05) is 0 Å². The molecule has 6 aromatic rings. The standard InChI is InChI=1S/C27H20N6O/c1-17-9-8-10-19(15-17)16-28-33-25-23(24-26(33)31-22-14-7-6-13-21(22)30-24)27(34)32(18(2)29-25)20-11-4-3-5-12-20/h3-16H,1-2H3/b28-16-. The third kappa shape index (κ3) is 3.17. The number of aryl methyl sites for hydroxylation is 2. The smallest absolute Gasteiger partial charge is 0.268 e. The summed E-state index contributed by atoms with van der Waals surface area (Å²) in [5.74, 6) is 0.558. The lowest BCUT2D eigenvalue weighted by molar-refractivity contribution is 0.865. The lowest BCUT2D eigenvalue weighted by Crippen LogP contribution is -2.22. The normalized spacial score (nSPS) is 11.8. The van der Waals surface area contributed by atoms with Crippen LogP contribution in [-0.4, -0.2) is 30.4 Å². The Hall–Kier alpha value is -4.65. The van der Waals surface area contributed by atoms with Gasteiger partial charge >= 0.3 is 0 Å². The summed E-state index contributed by atoms with van der Waals surface area (Å²) in [7, 11) is 0. The minimum absolute atomic E-state index is 0.201. The zero-order chi connectivity index (χ0) is 23.2. The highest BCUT2D eigenvalue weighted by molar-refractivity contribution is 6.05. The van der Waals surface area contributed by atoms with E-state index in [1.165, 1.54) is 0 Å². The zero-order valence-corrected chi connectivity index (χ0v) is 18.7. The summed E-state index contributed by atoms with van der Waals surface area (Å²) >= 11 is 0. The van der Waals surface area contributed by atoms with Crippen molar-refractivity contribution in [2.24, 2.45) is 5.10 Å². The fraction of sp³-hybridized carbons (Fsp3) is 0.0741. The predicted molar refractivity (Wildman–Crippen MR) is 135 cm³/mol. The molecule has 0 aliphatic carbocycles. The van der Waals surface area contributed by atoms with E-state index < -0.39 is 0 Å². The molecular formula is C27H20N6O. The largest absolute Gasteiger partial charge is 0.269 e. The minimum Gasteiger partial charge on any atom is -0.268 e. The van der Waals surface area contributed by atoms with Crippen LogP contribution in [0.4, 0.5) is 0 Å². The number of aromatic nitrogens is 5. The second kappa shape index (κ2) is 7.74. The van der Waals surface area contributed by atoms with Gasteiger partial charge in [-0.3, -0.25) is 9.36 Å². The fourth-order valence-electron chi connectivity index (χ4n) is 4.25. The van der Waals surface area contributed by atoms with Gasteiger partial charge in [-0.05, 0) is 43.7 Å². The molecule has 3 heterocycles. The molecule has 7 heteroatoms. The molecule has 0 radical (unpaired) electrons. The summed E-state index contributed by atoms with van der Waals surface area (Å²) < 4.78 is 3.23. The molecule has 0 saturated carbocycles. The first kappa shape index (κ1) is 20.0. The monoisotopic (exact) mass is 444 g/mol. The maximum Gasteiger partial charge on any atom is 0.269 e. The van der Waals surface area contributed by atoms with Gasteiger partial charge in [-0.1, -0.05) is 60.2 Å². The van der Waals surface area contributed by atoms with Gasteiger partial charge in [0.2, 0.25) is 0 Å². The molecule has 7 nitrogen and oxygen atoms in total. The van der Waals surface area contributed by atoms with Crippen LogP contribution in [0.15, 0.2) is 88.8 Å². The molecule has 0 fully saturated rings. The molecule has 0 aliphatic rings. The van der Waals surface area contributed by atoms with Crippen molar-refractivity contribution in [3.8, 4) is 5.69 Å². The van der Waals surface area contributed by atoms with Crippen LogP contribution < -0.4 is 5.56 Å². The van der Waals surface area contributed by atoms with Crippen molar-refractivity contribution in [3.63, 3.8) is 0 Å². The Morgan fingerprint density at radius 2 is 1.53 bits per heavy atom. The van der Waals surface area contributed by atoms with E-state index in [9.17, 15) is 4.79 Å². The molecule has 164 valence electrons. The summed E-state index contributed by atoms with van der Waals surface area (Å²) in [4.78, 5) is 28.3. The first-order chi connectivity index (χ1) is 16.6. The second-order valence-corrected chi connectivity index (χ2v) is 8.19. The van der Waals surface area contributed by atoms with E-state index in [2.05, 4.69) is 0 Å². The first-order valence-electron chi connectivity index (χ1n) is 11.0. The summed E-state index contributed by atoms with van der Waals surface area (Å²) in [5, 5.41) is 5.10. The highest BCUT2D eigenvalue weighted by atomic mass is 16.1. The van der Waals surface area contributed by atoms with Crippen molar-refractivity contribution in [2.45, 2.75) is 13.8 Å². The van der Waals surface area contributed by atoms with Crippen molar-refractivity contribution in [3.05, 3.63) is 106 Å². The summed E-state index contributed by atoms with van der Waals surface area (Å²) in [6, 6.07) is 25.1. The molecule has 6 rings (SSSR count). The van der Waals surface area contributed by atoms with Crippen LogP contribution in [0.25, 0.3) is 38.9 Å². The van der Waals surface area contributed by atoms with E-state index in [0.29, 0.717) is 33.5 Å². The van der Waals surface area contributed by atoms with Crippen LogP contribution in [0.2, 0.25) is 0 Å². The number of para-hydroxylation sites is 3. The van der Waals surface area contributed by atoms with Crippen LogP contribution in [0.3, 0.4) is 0 Å². The number of hydrogen-bond donors (Lipinski definition) is 0. The Bertz CT molecular complexity index is 1800. The summed E-state index contributed by atoms with van der Waals surface area (Å²) in [6.45, 7) is 3.85. The average molecular weight is 444 g/mol. The molecule has 3 aromatic heterocycles. The third-order valence-corrected chi connectivity index (χ3v) is 5.80. The van der Waals surface area contributed by atoms with Gasteiger partial charge in [0.15, 0.2) is 11.3 Å².